The van der Waals surface area contributed by atoms with E-state index in [4.69, 9.17) is 0 Å². The summed E-state index contributed by atoms with van der Waals surface area (Å²) in [5.41, 5.74) is 2.57. The number of carbonyl (C=O) groups excluding carboxylic acids is 1. The molecule has 0 aliphatic heterocycles. The lowest BCUT2D eigenvalue weighted by molar-refractivity contribution is 0.0409. The lowest BCUT2D eigenvalue weighted by Gasteiger charge is -2.22. The van der Waals surface area contributed by atoms with E-state index in [1.54, 1.807) is 6.92 Å². The van der Waals surface area contributed by atoms with Gasteiger partial charge in [-0.2, -0.15) is 0 Å². The van der Waals surface area contributed by atoms with Crippen LogP contribution in [0, 0.1) is 0 Å². The molecule has 128 valence electrons. The minimum atomic E-state index is -1.40. The van der Waals surface area contributed by atoms with Crippen LogP contribution in [0.25, 0.3) is 0 Å². The Balaban J connectivity index is 2.14. The summed E-state index contributed by atoms with van der Waals surface area (Å²) >= 11 is 0. The van der Waals surface area contributed by atoms with Crippen LogP contribution in [0.5, 0.6) is 0 Å². The summed E-state index contributed by atoms with van der Waals surface area (Å²) in [6, 6.07) is 15.7. The fraction of sp³-hybridized carbons (Fsp3) is 0.409. The van der Waals surface area contributed by atoms with Crippen LogP contribution in [0.1, 0.15) is 73.5 Å². The molecule has 0 fully saturated rings. The minimum Gasteiger partial charge on any atom is -0.382 e. The van der Waals surface area contributed by atoms with Crippen LogP contribution < -0.4 is 0 Å². The molecule has 0 heterocycles. The lowest BCUT2D eigenvalue weighted by Crippen LogP contribution is -2.37. The van der Waals surface area contributed by atoms with E-state index in [-0.39, 0.29) is 5.78 Å². The van der Waals surface area contributed by atoms with Gasteiger partial charge in [0, 0.05) is 12.0 Å². The van der Waals surface area contributed by atoms with Gasteiger partial charge in [0.25, 0.3) is 0 Å². The molecule has 1 unspecified atom stereocenters. The third-order valence-corrected chi connectivity index (χ3v) is 4.52. The Kier molecular flexibility index (Phi) is 5.61. The van der Waals surface area contributed by atoms with Crippen molar-refractivity contribution >= 4 is 5.78 Å². The van der Waals surface area contributed by atoms with Gasteiger partial charge in [0.15, 0.2) is 5.78 Å². The monoisotopic (exact) mass is 324 g/mol. The average Bonchev–Trinajstić information content (AvgIpc) is 2.54. The molecule has 2 heteroatoms. The first kappa shape index (κ1) is 18.4. The number of hydrogen-bond acceptors (Lipinski definition) is 2. The molecule has 0 aromatic heterocycles. The molecular formula is C22H28O2. The van der Waals surface area contributed by atoms with E-state index in [9.17, 15) is 9.90 Å². The first-order valence-corrected chi connectivity index (χ1v) is 8.66. The maximum absolute atomic E-state index is 12.7. The van der Waals surface area contributed by atoms with Crippen molar-refractivity contribution in [3.63, 3.8) is 0 Å². The summed E-state index contributed by atoms with van der Waals surface area (Å²) in [6.07, 6.45) is 0.316. The Hall–Kier alpha value is -1.93. The summed E-state index contributed by atoms with van der Waals surface area (Å²) < 4.78 is 0. The quantitative estimate of drug-likeness (QED) is 0.750. The zero-order chi connectivity index (χ0) is 17.9. The zero-order valence-corrected chi connectivity index (χ0v) is 15.3. The molecule has 2 nitrogen and oxygen atoms in total. The summed E-state index contributed by atoms with van der Waals surface area (Å²) in [5, 5.41) is 10.7. The van der Waals surface area contributed by atoms with Gasteiger partial charge in [-0.3, -0.25) is 4.79 Å². The van der Waals surface area contributed by atoms with Crippen molar-refractivity contribution in [3.05, 3.63) is 70.8 Å². The second kappa shape index (κ2) is 7.31. The molecule has 0 aliphatic rings. The molecule has 24 heavy (non-hydrogen) atoms. The molecule has 0 saturated carbocycles. The molecule has 2 aromatic rings. The zero-order valence-electron chi connectivity index (χ0n) is 15.3. The van der Waals surface area contributed by atoms with Gasteiger partial charge in [-0.15, -0.1) is 0 Å². The van der Waals surface area contributed by atoms with Gasteiger partial charge in [-0.05, 0) is 35.4 Å². The summed E-state index contributed by atoms with van der Waals surface area (Å²) in [7, 11) is 0. The molecule has 0 bridgehead atoms. The highest BCUT2D eigenvalue weighted by atomic mass is 16.3. The molecule has 1 atom stereocenters. The van der Waals surface area contributed by atoms with Gasteiger partial charge in [0.1, 0.15) is 5.60 Å². The van der Waals surface area contributed by atoms with E-state index in [1.807, 2.05) is 36.4 Å². The Labute approximate surface area is 145 Å². The summed E-state index contributed by atoms with van der Waals surface area (Å²) in [4.78, 5) is 12.7. The predicted molar refractivity (Wildman–Crippen MR) is 99.7 cm³/mol. The fourth-order valence-corrected chi connectivity index (χ4v) is 2.83. The van der Waals surface area contributed by atoms with E-state index in [2.05, 4.69) is 39.8 Å². The van der Waals surface area contributed by atoms with Crippen LogP contribution in [-0.4, -0.2) is 16.5 Å². The fourth-order valence-electron chi connectivity index (χ4n) is 2.83. The number of benzene rings is 2. The molecule has 0 spiro atoms. The molecule has 2 aromatic carbocycles. The van der Waals surface area contributed by atoms with Crippen molar-refractivity contribution in [1.29, 1.82) is 0 Å². The first-order chi connectivity index (χ1) is 11.2. The smallest absolute Gasteiger partial charge is 0.194 e. The normalized spacial score (nSPS) is 14.0. The molecule has 0 amide bonds. The van der Waals surface area contributed by atoms with Crippen molar-refractivity contribution in [1.82, 2.24) is 0 Å². The van der Waals surface area contributed by atoms with Gasteiger partial charge >= 0.3 is 0 Å². The van der Waals surface area contributed by atoms with E-state index in [0.29, 0.717) is 23.8 Å². The SMILES string of the molecule is CC(C)c1ccc(CC(C)(O)C(=O)c2ccc(C(C)C)cc2)cc1. The highest BCUT2D eigenvalue weighted by Gasteiger charge is 2.31. The van der Waals surface area contributed by atoms with Crippen LogP contribution in [0.4, 0.5) is 0 Å². The third-order valence-electron chi connectivity index (χ3n) is 4.52. The van der Waals surface area contributed by atoms with Crippen LogP contribution in [0.2, 0.25) is 0 Å². The standard InChI is InChI=1S/C22H28O2/c1-15(2)18-8-6-17(7-9-18)14-22(5,24)21(23)20-12-10-19(11-13-20)16(3)4/h6-13,15-16,24H,14H2,1-5H3. The number of carbonyl (C=O) groups is 1. The van der Waals surface area contributed by atoms with E-state index in [1.165, 1.54) is 11.1 Å². The second-order valence-electron chi connectivity index (χ2n) is 7.45. The van der Waals surface area contributed by atoms with Crippen LogP contribution in [0.15, 0.2) is 48.5 Å². The third kappa shape index (κ3) is 4.33. The van der Waals surface area contributed by atoms with Crippen LogP contribution in [-0.2, 0) is 6.42 Å². The Morgan fingerprint density at radius 3 is 1.71 bits per heavy atom. The first-order valence-electron chi connectivity index (χ1n) is 8.66. The lowest BCUT2D eigenvalue weighted by atomic mass is 9.87. The number of aliphatic hydroxyl groups is 1. The Bertz CT molecular complexity index is 677. The average molecular weight is 324 g/mol. The van der Waals surface area contributed by atoms with Gasteiger partial charge in [0.2, 0.25) is 0 Å². The van der Waals surface area contributed by atoms with E-state index in [0.717, 1.165) is 5.56 Å². The topological polar surface area (TPSA) is 37.3 Å². The molecule has 0 saturated heterocycles. The minimum absolute atomic E-state index is 0.231. The summed E-state index contributed by atoms with van der Waals surface area (Å²) in [5.74, 6) is 0.667. The predicted octanol–water partition coefficient (Wildman–Crippen LogP) is 5.11. The van der Waals surface area contributed by atoms with Gasteiger partial charge in [-0.1, -0.05) is 76.2 Å². The maximum atomic E-state index is 12.7. The summed E-state index contributed by atoms with van der Waals surface area (Å²) in [6.45, 7) is 10.1. The maximum Gasteiger partial charge on any atom is 0.194 e. The number of hydrogen-bond donors (Lipinski definition) is 1. The number of ketones is 1. The number of rotatable bonds is 6. The highest BCUT2D eigenvalue weighted by Crippen LogP contribution is 2.22. The molecule has 1 N–H and O–H groups in total. The van der Waals surface area contributed by atoms with Crippen molar-refractivity contribution in [2.24, 2.45) is 0 Å². The number of Topliss-reactive ketones (excluding diaryl/α,β-unsaturated/α-hetero) is 1. The van der Waals surface area contributed by atoms with Crippen molar-refractivity contribution in [2.45, 2.75) is 58.5 Å². The molecular weight excluding hydrogens is 296 g/mol. The van der Waals surface area contributed by atoms with Crippen molar-refractivity contribution < 1.29 is 9.90 Å². The van der Waals surface area contributed by atoms with Crippen molar-refractivity contribution in [2.75, 3.05) is 0 Å². The molecule has 0 radical (unpaired) electrons. The van der Waals surface area contributed by atoms with Crippen molar-refractivity contribution in [3.8, 4) is 0 Å². The second-order valence-corrected chi connectivity index (χ2v) is 7.45. The van der Waals surface area contributed by atoms with E-state index >= 15 is 0 Å². The van der Waals surface area contributed by atoms with E-state index < -0.39 is 5.60 Å². The molecule has 0 aliphatic carbocycles. The molecule has 2 rings (SSSR count). The Morgan fingerprint density at radius 1 is 0.875 bits per heavy atom. The van der Waals surface area contributed by atoms with Crippen LogP contribution in [0.3, 0.4) is 0 Å². The Morgan fingerprint density at radius 2 is 1.29 bits per heavy atom. The van der Waals surface area contributed by atoms with Gasteiger partial charge < -0.3 is 5.11 Å². The van der Waals surface area contributed by atoms with Crippen LogP contribution >= 0.6 is 0 Å². The van der Waals surface area contributed by atoms with Gasteiger partial charge in [0.05, 0.1) is 0 Å². The largest absolute Gasteiger partial charge is 0.382 e. The highest BCUT2D eigenvalue weighted by molar-refractivity contribution is 6.02. The van der Waals surface area contributed by atoms with Gasteiger partial charge in [-0.25, -0.2) is 0 Å².